The Morgan fingerprint density at radius 1 is 1.10 bits per heavy atom. The number of hydrogen-bond acceptors (Lipinski definition) is 11. The highest BCUT2D eigenvalue weighted by atomic mass is 127. The molecule has 1 aliphatic carbocycles. The molecule has 2 aromatic rings. The first kappa shape index (κ1) is 34.7. The van der Waals surface area contributed by atoms with Crippen molar-refractivity contribution >= 4 is 46.3 Å². The predicted molar refractivity (Wildman–Crippen MR) is 177 cm³/mol. The number of hydrogen-bond donors (Lipinski definition) is 3. The van der Waals surface area contributed by atoms with Crippen molar-refractivity contribution in [2.45, 2.75) is 95.2 Å². The van der Waals surface area contributed by atoms with Crippen molar-refractivity contribution in [3.8, 4) is 0 Å². The van der Waals surface area contributed by atoms with Crippen molar-refractivity contribution in [2.24, 2.45) is 5.41 Å². The van der Waals surface area contributed by atoms with Crippen molar-refractivity contribution in [1.29, 1.82) is 0 Å². The summed E-state index contributed by atoms with van der Waals surface area (Å²) in [5.74, 6) is -1.78. The van der Waals surface area contributed by atoms with E-state index < -0.39 is 65.4 Å². The number of nitrogens with zero attached hydrogens (tertiary/aromatic N) is 1. The third kappa shape index (κ3) is 7.09. The summed E-state index contributed by atoms with van der Waals surface area (Å²) in [5.41, 5.74) is -0.0493. The van der Waals surface area contributed by atoms with Gasteiger partial charge in [-0.05, 0) is 85.2 Å². The summed E-state index contributed by atoms with van der Waals surface area (Å²) in [6.45, 7) is 5.31. The molecule has 2 bridgehead atoms. The number of amides is 2. The van der Waals surface area contributed by atoms with Gasteiger partial charge in [0.15, 0.2) is 6.04 Å². The van der Waals surface area contributed by atoms with Gasteiger partial charge in [-0.3, -0.25) is 24.0 Å². The Bertz CT molecular complexity index is 1550. The molecular weight excluding hydrogens is 737 g/mol. The van der Waals surface area contributed by atoms with Gasteiger partial charge in [0.05, 0.1) is 19.2 Å². The van der Waals surface area contributed by atoms with Gasteiger partial charge in [-0.1, -0.05) is 24.3 Å². The van der Waals surface area contributed by atoms with E-state index >= 15 is 0 Å². The molecular formula is C34H40IN3O10. The predicted octanol–water partition coefficient (Wildman–Crippen LogP) is 2.36. The van der Waals surface area contributed by atoms with E-state index in [2.05, 4.69) is 33.2 Å². The fourth-order valence-electron chi connectivity index (χ4n) is 6.93. The molecule has 14 heteroatoms. The van der Waals surface area contributed by atoms with Crippen LogP contribution in [0.3, 0.4) is 0 Å². The minimum atomic E-state index is -1.30. The van der Waals surface area contributed by atoms with E-state index in [1.807, 2.05) is 24.3 Å². The molecule has 4 fully saturated rings. The van der Waals surface area contributed by atoms with Crippen LogP contribution in [0.4, 0.5) is 0 Å². The Kier molecular flexibility index (Phi) is 10.1. The van der Waals surface area contributed by atoms with Crippen LogP contribution in [0.2, 0.25) is 0 Å². The lowest BCUT2D eigenvalue weighted by molar-refractivity contribution is -0.201. The molecule has 3 N–H and O–H groups in total. The second-order valence-corrected chi connectivity index (χ2v) is 14.8. The van der Waals surface area contributed by atoms with Crippen LogP contribution in [0.1, 0.15) is 61.5 Å². The molecule has 4 aliphatic rings. The number of nitrogens with one attached hydrogen (secondary N) is 2. The maximum absolute atomic E-state index is 14.3. The number of aliphatic hydroxyl groups excluding tert-OH is 1. The number of aliphatic hydroxyl groups is 1. The van der Waals surface area contributed by atoms with Crippen molar-refractivity contribution in [3.05, 3.63) is 68.8 Å². The van der Waals surface area contributed by atoms with Gasteiger partial charge in [-0.25, -0.2) is 0 Å². The Hall–Kier alpha value is -3.15. The molecule has 258 valence electrons. The van der Waals surface area contributed by atoms with Gasteiger partial charge >= 0.3 is 11.9 Å². The molecule has 0 aromatic heterocycles. The minimum absolute atomic E-state index is 0.00965. The number of halogens is 1. The van der Waals surface area contributed by atoms with Crippen molar-refractivity contribution < 1.29 is 48.1 Å². The van der Waals surface area contributed by atoms with Crippen molar-refractivity contribution in [3.63, 3.8) is 0 Å². The molecule has 2 amide bonds. The summed E-state index contributed by atoms with van der Waals surface area (Å²) in [6.07, 6.45) is -2.13. The summed E-state index contributed by atoms with van der Waals surface area (Å²) in [5, 5.41) is 17.1. The fourth-order valence-corrected chi connectivity index (χ4v) is 7.29. The zero-order valence-corrected chi connectivity index (χ0v) is 29.1. The largest absolute Gasteiger partial charge is 0.460 e. The number of hydroxylamine groups is 2. The summed E-state index contributed by atoms with van der Waals surface area (Å²) in [6, 6.07) is 12.9. The molecule has 0 spiro atoms. The second kappa shape index (κ2) is 14.0. The molecule has 13 nitrogen and oxygen atoms in total. The lowest BCUT2D eigenvalue weighted by atomic mass is 9.62. The Labute approximate surface area is 292 Å². The molecule has 1 saturated carbocycles. The van der Waals surface area contributed by atoms with Crippen molar-refractivity contribution in [2.75, 3.05) is 13.4 Å². The lowest BCUT2D eigenvalue weighted by Gasteiger charge is -2.48. The number of ether oxygens (including phenoxy) is 4. The molecule has 3 aliphatic heterocycles. The van der Waals surface area contributed by atoms with Crippen LogP contribution in [0, 0.1) is 8.99 Å². The summed E-state index contributed by atoms with van der Waals surface area (Å²) in [7, 11) is 0. The smallest absolute Gasteiger partial charge is 0.327 e. The standard InChI is InChI=1S/C34H40IN3O10/c1-33(2,3)47-25(40)12-11-23(17-39)37-30(41)21-6-4-5-20(13-21)15-36-32(43)34-14-24-26-27(45-18-44-26)29(34)48-38(28(34)31(42)46-24)16-19-7-9-22(35)10-8-19/h4-10,13,23-24,26-29,39H,11-12,14-18H2,1-3H3,(H,36,43)(H,37,41). The molecule has 48 heavy (non-hydrogen) atoms. The third-order valence-corrected chi connectivity index (χ3v) is 9.78. The zero-order valence-electron chi connectivity index (χ0n) is 27.0. The highest BCUT2D eigenvalue weighted by Crippen LogP contribution is 2.55. The second-order valence-electron chi connectivity index (χ2n) is 13.6. The zero-order chi connectivity index (χ0) is 34.2. The quantitative estimate of drug-likeness (QED) is 0.227. The topological polar surface area (TPSA) is 162 Å². The molecule has 3 saturated heterocycles. The van der Waals surface area contributed by atoms with E-state index in [9.17, 15) is 24.3 Å². The molecule has 0 radical (unpaired) electrons. The van der Waals surface area contributed by atoms with Crippen LogP contribution in [0.25, 0.3) is 0 Å². The van der Waals surface area contributed by atoms with Gasteiger partial charge in [0, 0.05) is 28.5 Å². The summed E-state index contributed by atoms with van der Waals surface area (Å²) in [4.78, 5) is 59.5. The normalized spacial score (nSPS) is 28.3. The van der Waals surface area contributed by atoms with Crippen LogP contribution in [0.15, 0.2) is 48.5 Å². The molecule has 7 atom stereocenters. The van der Waals surface area contributed by atoms with E-state index in [4.69, 9.17) is 23.8 Å². The van der Waals surface area contributed by atoms with Gasteiger partial charge < -0.3 is 34.7 Å². The number of esters is 2. The van der Waals surface area contributed by atoms with Gasteiger partial charge in [0.2, 0.25) is 5.91 Å². The molecule has 3 heterocycles. The number of fused-ring (bicyclic) bond motifs is 4. The third-order valence-electron chi connectivity index (χ3n) is 9.06. The van der Waals surface area contributed by atoms with Crippen LogP contribution >= 0.6 is 22.6 Å². The van der Waals surface area contributed by atoms with Gasteiger partial charge in [0.1, 0.15) is 42.2 Å². The van der Waals surface area contributed by atoms with Gasteiger partial charge in [-0.2, -0.15) is 5.06 Å². The Balaban J connectivity index is 1.15. The average molecular weight is 778 g/mol. The van der Waals surface area contributed by atoms with E-state index in [0.29, 0.717) is 11.1 Å². The first-order valence-electron chi connectivity index (χ1n) is 16.0. The fraction of sp³-hybridized carbons (Fsp3) is 0.529. The van der Waals surface area contributed by atoms with Crippen LogP contribution in [-0.2, 0) is 51.3 Å². The SMILES string of the molecule is CC(C)(C)OC(=O)CCC(CO)NC(=O)c1cccc(CNC(=O)C23CC4OC(=O)C2N(Cc2ccc(I)cc2)OC3C2OCOC42)c1. The Morgan fingerprint density at radius 2 is 1.85 bits per heavy atom. The lowest BCUT2D eigenvalue weighted by Crippen LogP contribution is -2.69. The highest BCUT2D eigenvalue weighted by molar-refractivity contribution is 14.1. The van der Waals surface area contributed by atoms with Crippen LogP contribution in [-0.4, -0.2) is 89.4 Å². The number of benzene rings is 2. The van der Waals surface area contributed by atoms with Gasteiger partial charge in [0.25, 0.3) is 5.91 Å². The summed E-state index contributed by atoms with van der Waals surface area (Å²) >= 11 is 2.22. The number of carbonyl (C=O) groups is 4. The average Bonchev–Trinajstić information content (AvgIpc) is 3.67. The van der Waals surface area contributed by atoms with Gasteiger partial charge in [-0.15, -0.1) is 0 Å². The molecule has 6 rings (SSSR count). The number of carbonyl (C=O) groups excluding carboxylic acids is 4. The van der Waals surface area contributed by atoms with E-state index in [1.165, 1.54) is 0 Å². The van der Waals surface area contributed by atoms with Crippen LogP contribution < -0.4 is 10.6 Å². The molecule has 2 aromatic carbocycles. The maximum atomic E-state index is 14.3. The monoisotopic (exact) mass is 777 g/mol. The Morgan fingerprint density at radius 3 is 2.58 bits per heavy atom. The maximum Gasteiger partial charge on any atom is 0.327 e. The highest BCUT2D eigenvalue weighted by Gasteiger charge is 2.74. The van der Waals surface area contributed by atoms with E-state index in [-0.39, 0.29) is 51.7 Å². The molecule has 7 unspecified atom stereocenters. The first-order valence-corrected chi connectivity index (χ1v) is 17.1. The number of rotatable bonds is 11. The first-order chi connectivity index (χ1) is 22.9. The van der Waals surface area contributed by atoms with E-state index in [0.717, 1.165) is 9.13 Å². The minimum Gasteiger partial charge on any atom is -0.460 e. The van der Waals surface area contributed by atoms with E-state index in [1.54, 1.807) is 50.1 Å². The summed E-state index contributed by atoms with van der Waals surface area (Å²) < 4.78 is 23.9. The van der Waals surface area contributed by atoms with Crippen molar-refractivity contribution in [1.82, 2.24) is 15.7 Å². The van der Waals surface area contributed by atoms with Crippen LogP contribution in [0.5, 0.6) is 0 Å².